The lowest BCUT2D eigenvalue weighted by atomic mass is 10.3. The Labute approximate surface area is 181 Å². The summed E-state index contributed by atoms with van der Waals surface area (Å²) in [5.41, 5.74) is 2.57. The average molecular weight is 419 g/mol. The molecule has 0 spiro atoms. The minimum Gasteiger partial charge on any atom is -0.494 e. The van der Waals surface area contributed by atoms with E-state index in [9.17, 15) is 0 Å². The minimum absolute atomic E-state index is 0.537. The molecule has 0 unspecified atom stereocenters. The van der Waals surface area contributed by atoms with E-state index in [-0.39, 0.29) is 0 Å². The van der Waals surface area contributed by atoms with E-state index < -0.39 is 0 Å². The molecule has 0 aliphatic rings. The number of hydrogen-bond donors (Lipinski definition) is 2. The van der Waals surface area contributed by atoms with Crippen molar-refractivity contribution < 1.29 is 9.47 Å². The van der Waals surface area contributed by atoms with Crippen molar-refractivity contribution in [3.8, 4) is 11.4 Å². The van der Waals surface area contributed by atoms with Crippen LogP contribution in [0.15, 0.2) is 60.8 Å². The van der Waals surface area contributed by atoms with Gasteiger partial charge >= 0.3 is 0 Å². The molecule has 0 fully saturated rings. The third-order valence-corrected chi connectivity index (χ3v) is 4.67. The van der Waals surface area contributed by atoms with Gasteiger partial charge in [-0.3, -0.25) is 0 Å². The van der Waals surface area contributed by atoms with Crippen LogP contribution in [-0.2, 0) is 4.74 Å². The number of anilines is 3. The molecule has 8 nitrogen and oxygen atoms in total. The van der Waals surface area contributed by atoms with Crippen LogP contribution < -0.4 is 15.4 Å². The Kier molecular flexibility index (Phi) is 6.59. The second kappa shape index (κ2) is 9.90. The molecule has 0 atom stereocenters. The minimum atomic E-state index is 0.537. The molecule has 2 heterocycles. The highest BCUT2D eigenvalue weighted by molar-refractivity contribution is 5.90. The third kappa shape index (κ3) is 4.92. The lowest BCUT2D eigenvalue weighted by molar-refractivity contribution is 0.197. The van der Waals surface area contributed by atoms with Crippen molar-refractivity contribution >= 4 is 28.5 Å². The molecule has 2 aromatic heterocycles. The van der Waals surface area contributed by atoms with E-state index in [0.29, 0.717) is 31.5 Å². The number of aromatic nitrogens is 4. The van der Waals surface area contributed by atoms with Crippen LogP contribution in [0.2, 0.25) is 0 Å². The molecule has 0 bridgehead atoms. The molecular formula is C23H26N6O2. The maximum absolute atomic E-state index is 5.53. The molecular weight excluding hydrogens is 392 g/mol. The van der Waals surface area contributed by atoms with E-state index in [1.54, 1.807) is 13.3 Å². The molecule has 0 saturated heterocycles. The fourth-order valence-electron chi connectivity index (χ4n) is 3.20. The largest absolute Gasteiger partial charge is 0.494 e. The van der Waals surface area contributed by atoms with Crippen LogP contribution in [-0.4, -0.2) is 46.6 Å². The quantitative estimate of drug-likeness (QED) is 0.369. The molecule has 2 N–H and O–H groups in total. The second-order valence-electron chi connectivity index (χ2n) is 6.88. The van der Waals surface area contributed by atoms with Crippen molar-refractivity contribution in [3.05, 3.63) is 60.8 Å². The zero-order valence-corrected chi connectivity index (χ0v) is 17.7. The Bertz CT molecular complexity index is 1110. The van der Waals surface area contributed by atoms with E-state index in [1.165, 1.54) is 0 Å². The van der Waals surface area contributed by atoms with Gasteiger partial charge in [-0.2, -0.15) is 15.1 Å². The zero-order valence-electron chi connectivity index (χ0n) is 17.7. The van der Waals surface area contributed by atoms with Gasteiger partial charge in [0.1, 0.15) is 11.6 Å². The second-order valence-corrected chi connectivity index (χ2v) is 6.88. The highest BCUT2D eigenvalue weighted by Gasteiger charge is 2.14. The van der Waals surface area contributed by atoms with Crippen LogP contribution in [0.25, 0.3) is 16.7 Å². The highest BCUT2D eigenvalue weighted by atomic mass is 16.5. The van der Waals surface area contributed by atoms with Gasteiger partial charge in [0.15, 0.2) is 5.65 Å². The number of hydrogen-bond acceptors (Lipinski definition) is 7. The van der Waals surface area contributed by atoms with E-state index in [4.69, 9.17) is 19.4 Å². The van der Waals surface area contributed by atoms with Crippen LogP contribution >= 0.6 is 0 Å². The highest BCUT2D eigenvalue weighted by Crippen LogP contribution is 2.27. The molecule has 160 valence electrons. The van der Waals surface area contributed by atoms with Crippen molar-refractivity contribution in [3.63, 3.8) is 0 Å². The summed E-state index contributed by atoms with van der Waals surface area (Å²) in [5.74, 6) is 2.05. The monoisotopic (exact) mass is 418 g/mol. The molecule has 2 aromatic carbocycles. The van der Waals surface area contributed by atoms with Crippen LogP contribution in [0, 0.1) is 0 Å². The summed E-state index contributed by atoms with van der Waals surface area (Å²) in [6.07, 6.45) is 2.64. The zero-order chi connectivity index (χ0) is 21.5. The van der Waals surface area contributed by atoms with Crippen molar-refractivity contribution in [2.45, 2.75) is 13.3 Å². The lowest BCUT2D eigenvalue weighted by Gasteiger charge is -2.11. The third-order valence-electron chi connectivity index (χ3n) is 4.67. The fourth-order valence-corrected chi connectivity index (χ4v) is 3.20. The summed E-state index contributed by atoms with van der Waals surface area (Å²) in [5, 5.41) is 12.1. The van der Waals surface area contributed by atoms with Gasteiger partial charge in [0.2, 0.25) is 5.95 Å². The average Bonchev–Trinajstić information content (AvgIpc) is 3.23. The first-order valence-electron chi connectivity index (χ1n) is 10.3. The van der Waals surface area contributed by atoms with Crippen molar-refractivity contribution in [1.29, 1.82) is 0 Å². The molecule has 0 aliphatic heterocycles. The Morgan fingerprint density at radius 1 is 1.00 bits per heavy atom. The SMILES string of the molecule is CCOc1ccc(Nc2nc(NCCCOC)nc3c2cnn3-c2ccccc2)cc1. The number of nitrogens with one attached hydrogen (secondary N) is 2. The molecule has 0 saturated carbocycles. The number of fused-ring (bicyclic) bond motifs is 1. The number of rotatable bonds is 10. The number of benzene rings is 2. The van der Waals surface area contributed by atoms with E-state index >= 15 is 0 Å². The molecule has 0 radical (unpaired) electrons. The van der Waals surface area contributed by atoms with E-state index in [1.807, 2.05) is 66.2 Å². The Morgan fingerprint density at radius 2 is 1.81 bits per heavy atom. The number of ether oxygens (including phenoxy) is 2. The molecule has 0 amide bonds. The van der Waals surface area contributed by atoms with Gasteiger partial charge < -0.3 is 20.1 Å². The summed E-state index contributed by atoms with van der Waals surface area (Å²) >= 11 is 0. The lowest BCUT2D eigenvalue weighted by Crippen LogP contribution is -2.10. The first kappa shape index (κ1) is 20.6. The van der Waals surface area contributed by atoms with Gasteiger partial charge in [0.25, 0.3) is 0 Å². The van der Waals surface area contributed by atoms with Crippen LogP contribution in [0.5, 0.6) is 5.75 Å². The van der Waals surface area contributed by atoms with Gasteiger partial charge in [0, 0.05) is 25.9 Å². The number of para-hydroxylation sites is 1. The first-order chi connectivity index (χ1) is 15.3. The van der Waals surface area contributed by atoms with Crippen molar-refractivity contribution in [2.24, 2.45) is 0 Å². The summed E-state index contributed by atoms with van der Waals surface area (Å²) < 4.78 is 12.5. The summed E-state index contributed by atoms with van der Waals surface area (Å²) in [6, 6.07) is 17.7. The summed E-state index contributed by atoms with van der Waals surface area (Å²) in [4.78, 5) is 9.43. The molecule has 4 rings (SSSR count). The normalized spacial score (nSPS) is 10.9. The summed E-state index contributed by atoms with van der Waals surface area (Å²) in [7, 11) is 1.69. The Hall–Kier alpha value is -3.65. The predicted octanol–water partition coefficient (Wildman–Crippen LogP) is 4.41. The molecule has 0 aliphatic carbocycles. The molecule has 31 heavy (non-hydrogen) atoms. The molecule has 4 aromatic rings. The maximum atomic E-state index is 5.53. The first-order valence-corrected chi connectivity index (χ1v) is 10.3. The maximum Gasteiger partial charge on any atom is 0.226 e. The summed E-state index contributed by atoms with van der Waals surface area (Å²) in [6.45, 7) is 3.99. The molecule has 8 heteroatoms. The Balaban J connectivity index is 1.69. The van der Waals surface area contributed by atoms with E-state index in [2.05, 4.69) is 15.7 Å². The number of methoxy groups -OCH3 is 1. The fraction of sp³-hybridized carbons (Fsp3) is 0.261. The standard InChI is InChI=1S/C23H26N6O2/c1-3-31-19-12-10-17(11-13-19)26-21-20-16-25-29(18-8-5-4-6-9-18)22(20)28-23(27-21)24-14-7-15-30-2/h4-6,8-13,16H,3,7,14-15H2,1-2H3,(H2,24,26,27,28). The topological polar surface area (TPSA) is 86.1 Å². The van der Waals surface area contributed by atoms with Crippen molar-refractivity contribution in [1.82, 2.24) is 19.7 Å². The number of nitrogens with zero attached hydrogens (tertiary/aromatic N) is 4. The van der Waals surface area contributed by atoms with Gasteiger partial charge in [-0.1, -0.05) is 18.2 Å². The van der Waals surface area contributed by atoms with Gasteiger partial charge in [-0.05, 0) is 49.7 Å². The smallest absolute Gasteiger partial charge is 0.226 e. The van der Waals surface area contributed by atoms with Gasteiger partial charge in [-0.25, -0.2) is 4.68 Å². The predicted molar refractivity (Wildman–Crippen MR) is 123 cm³/mol. The van der Waals surface area contributed by atoms with Crippen LogP contribution in [0.3, 0.4) is 0 Å². The van der Waals surface area contributed by atoms with E-state index in [0.717, 1.165) is 34.6 Å². The Morgan fingerprint density at radius 3 is 2.55 bits per heavy atom. The van der Waals surface area contributed by atoms with Gasteiger partial charge in [0.05, 0.1) is 23.9 Å². The van der Waals surface area contributed by atoms with Crippen LogP contribution in [0.1, 0.15) is 13.3 Å². The van der Waals surface area contributed by atoms with Gasteiger partial charge in [-0.15, -0.1) is 0 Å². The van der Waals surface area contributed by atoms with Crippen LogP contribution in [0.4, 0.5) is 17.5 Å². The van der Waals surface area contributed by atoms with Crippen molar-refractivity contribution in [2.75, 3.05) is 37.5 Å².